The predicted molar refractivity (Wildman–Crippen MR) is 62.9 cm³/mol. The molecule has 0 aromatic heterocycles. The number of nitrogens with one attached hydrogen (secondary N) is 1. The van der Waals surface area contributed by atoms with E-state index in [2.05, 4.69) is 5.32 Å². The maximum atomic E-state index is 13.0. The number of carboxylic acids is 1. The molecule has 1 aliphatic carbocycles. The summed E-state index contributed by atoms with van der Waals surface area (Å²) in [6, 6.07) is -0.626. The predicted octanol–water partition coefficient (Wildman–Crippen LogP) is 0.992. The van der Waals surface area contributed by atoms with E-state index in [1.807, 2.05) is 0 Å². The molecule has 5 nitrogen and oxygen atoms in total. The number of rotatable bonds is 4. The van der Waals surface area contributed by atoms with Crippen LogP contribution in [0.25, 0.3) is 0 Å². The second kappa shape index (κ2) is 4.91. The molecule has 1 aliphatic heterocycles. The highest BCUT2D eigenvalue weighted by Gasteiger charge is 2.64. The maximum Gasteiger partial charge on any atom is 0.406 e. The lowest BCUT2D eigenvalue weighted by Crippen LogP contribution is -2.50. The van der Waals surface area contributed by atoms with Crippen LogP contribution in [0, 0.1) is 5.41 Å². The Morgan fingerprint density at radius 3 is 2.40 bits per heavy atom. The lowest BCUT2D eigenvalue weighted by atomic mass is 9.86. The van der Waals surface area contributed by atoms with Crippen LogP contribution in [0.3, 0.4) is 0 Å². The van der Waals surface area contributed by atoms with Gasteiger partial charge in [0, 0.05) is 19.1 Å². The molecule has 2 fully saturated rings. The highest BCUT2D eigenvalue weighted by atomic mass is 19.4. The standard InChI is InChI=1S/C12H17F3N2O3/c1-7(9(18)16-8-2-3-8)17-5-4-11(6-17,10(19)20)12(13,14)15/h7-8H,2-6H2,1H3,(H,16,18)(H,19,20). The van der Waals surface area contributed by atoms with E-state index in [1.54, 1.807) is 0 Å². The van der Waals surface area contributed by atoms with Gasteiger partial charge in [0.25, 0.3) is 0 Å². The summed E-state index contributed by atoms with van der Waals surface area (Å²) in [5.41, 5.74) is -2.76. The van der Waals surface area contributed by atoms with E-state index in [9.17, 15) is 22.8 Å². The first-order chi connectivity index (χ1) is 9.17. The van der Waals surface area contributed by atoms with Crippen molar-refractivity contribution in [3.05, 3.63) is 0 Å². The number of carbonyl (C=O) groups is 2. The Hall–Kier alpha value is -1.31. The van der Waals surface area contributed by atoms with Gasteiger partial charge in [-0.2, -0.15) is 13.2 Å². The minimum Gasteiger partial charge on any atom is -0.481 e. The number of hydrogen-bond acceptors (Lipinski definition) is 3. The average Bonchev–Trinajstić information content (AvgIpc) is 3.01. The van der Waals surface area contributed by atoms with Gasteiger partial charge in [0.15, 0.2) is 5.41 Å². The maximum absolute atomic E-state index is 13.0. The fourth-order valence-electron chi connectivity index (χ4n) is 2.41. The van der Waals surface area contributed by atoms with Crippen molar-refractivity contribution in [3.8, 4) is 0 Å². The van der Waals surface area contributed by atoms with Crippen LogP contribution < -0.4 is 5.32 Å². The van der Waals surface area contributed by atoms with E-state index >= 15 is 0 Å². The van der Waals surface area contributed by atoms with Crippen molar-refractivity contribution in [2.45, 2.75) is 44.4 Å². The molecule has 1 amide bonds. The third-order valence-corrected chi connectivity index (χ3v) is 4.10. The lowest BCUT2D eigenvalue weighted by Gasteiger charge is -2.29. The van der Waals surface area contributed by atoms with Gasteiger partial charge in [0.05, 0.1) is 6.04 Å². The summed E-state index contributed by atoms with van der Waals surface area (Å²) in [5, 5.41) is 11.7. The Morgan fingerprint density at radius 1 is 1.40 bits per heavy atom. The first kappa shape index (κ1) is 15.1. The smallest absolute Gasteiger partial charge is 0.406 e. The summed E-state index contributed by atoms with van der Waals surface area (Å²) >= 11 is 0. The van der Waals surface area contributed by atoms with E-state index in [-0.39, 0.29) is 18.5 Å². The van der Waals surface area contributed by atoms with Gasteiger partial charge in [-0.3, -0.25) is 14.5 Å². The molecule has 0 aromatic carbocycles. The molecule has 8 heteroatoms. The van der Waals surface area contributed by atoms with Gasteiger partial charge in [0.2, 0.25) is 5.91 Å². The molecule has 2 N–H and O–H groups in total. The zero-order valence-electron chi connectivity index (χ0n) is 11.0. The Labute approximate surface area is 114 Å². The van der Waals surface area contributed by atoms with Gasteiger partial charge in [-0.25, -0.2) is 0 Å². The van der Waals surface area contributed by atoms with Crippen molar-refractivity contribution in [3.63, 3.8) is 0 Å². The molecule has 1 heterocycles. The zero-order valence-corrected chi connectivity index (χ0v) is 11.0. The van der Waals surface area contributed by atoms with Crippen molar-refractivity contribution < 1.29 is 27.9 Å². The van der Waals surface area contributed by atoms with E-state index < -0.39 is 36.6 Å². The van der Waals surface area contributed by atoms with Crippen LogP contribution >= 0.6 is 0 Å². The van der Waals surface area contributed by atoms with Crippen LogP contribution in [0.2, 0.25) is 0 Å². The Morgan fingerprint density at radius 2 is 2.00 bits per heavy atom. The van der Waals surface area contributed by atoms with Gasteiger partial charge in [-0.05, 0) is 26.2 Å². The number of aliphatic carboxylic acids is 1. The van der Waals surface area contributed by atoms with Crippen molar-refractivity contribution in [2.24, 2.45) is 5.41 Å². The molecule has 20 heavy (non-hydrogen) atoms. The fraction of sp³-hybridized carbons (Fsp3) is 0.833. The second-order valence-electron chi connectivity index (χ2n) is 5.56. The zero-order chi connectivity index (χ0) is 15.1. The molecule has 0 bridgehead atoms. The Balaban J connectivity index is 2.05. The number of alkyl halides is 3. The Kier molecular flexibility index (Phi) is 3.70. The highest BCUT2D eigenvalue weighted by Crippen LogP contribution is 2.46. The summed E-state index contributed by atoms with van der Waals surface area (Å²) in [7, 11) is 0. The monoisotopic (exact) mass is 294 g/mol. The number of nitrogens with zero attached hydrogens (tertiary/aromatic N) is 1. The third kappa shape index (κ3) is 2.61. The van der Waals surface area contributed by atoms with E-state index in [0.717, 1.165) is 12.8 Å². The van der Waals surface area contributed by atoms with Crippen LogP contribution in [0.15, 0.2) is 0 Å². The van der Waals surface area contributed by atoms with E-state index in [1.165, 1.54) is 11.8 Å². The lowest BCUT2D eigenvalue weighted by molar-refractivity contribution is -0.227. The molecule has 2 rings (SSSR count). The van der Waals surface area contributed by atoms with Crippen molar-refractivity contribution >= 4 is 11.9 Å². The fourth-order valence-corrected chi connectivity index (χ4v) is 2.41. The molecule has 0 radical (unpaired) electrons. The molecule has 2 aliphatic rings. The highest BCUT2D eigenvalue weighted by molar-refractivity contribution is 5.82. The quantitative estimate of drug-likeness (QED) is 0.811. The topological polar surface area (TPSA) is 69.6 Å². The minimum absolute atomic E-state index is 0.0505. The van der Waals surface area contributed by atoms with Crippen molar-refractivity contribution in [1.82, 2.24) is 10.2 Å². The largest absolute Gasteiger partial charge is 0.481 e. The summed E-state index contributed by atoms with van der Waals surface area (Å²) in [6.45, 7) is 0.780. The molecule has 0 spiro atoms. The van der Waals surface area contributed by atoms with Gasteiger partial charge in [-0.1, -0.05) is 0 Å². The molecule has 2 unspecified atom stereocenters. The van der Waals surface area contributed by atoms with Crippen molar-refractivity contribution in [2.75, 3.05) is 13.1 Å². The van der Waals surface area contributed by atoms with E-state index in [4.69, 9.17) is 5.11 Å². The average molecular weight is 294 g/mol. The normalized spacial score (nSPS) is 29.2. The van der Waals surface area contributed by atoms with Gasteiger partial charge < -0.3 is 10.4 Å². The molecular weight excluding hydrogens is 277 g/mol. The van der Waals surface area contributed by atoms with Gasteiger partial charge >= 0.3 is 12.1 Å². The molecule has 1 saturated heterocycles. The summed E-state index contributed by atoms with van der Waals surface area (Å²) in [5.74, 6) is -2.21. The number of amides is 1. The number of hydrogen-bond donors (Lipinski definition) is 2. The minimum atomic E-state index is -4.82. The van der Waals surface area contributed by atoms with Crippen LogP contribution in [0.5, 0.6) is 0 Å². The molecule has 2 atom stereocenters. The van der Waals surface area contributed by atoms with Gasteiger partial charge in [-0.15, -0.1) is 0 Å². The van der Waals surface area contributed by atoms with E-state index in [0.29, 0.717) is 0 Å². The molecule has 114 valence electrons. The second-order valence-corrected chi connectivity index (χ2v) is 5.56. The van der Waals surface area contributed by atoms with Gasteiger partial charge in [0.1, 0.15) is 0 Å². The first-order valence-electron chi connectivity index (χ1n) is 6.52. The van der Waals surface area contributed by atoms with Crippen LogP contribution in [-0.4, -0.2) is 53.2 Å². The first-order valence-corrected chi connectivity index (χ1v) is 6.52. The molecule has 0 aromatic rings. The van der Waals surface area contributed by atoms with Crippen LogP contribution in [0.4, 0.5) is 13.2 Å². The summed E-state index contributed by atoms with van der Waals surface area (Å²) < 4.78 is 39.0. The third-order valence-electron chi connectivity index (χ3n) is 4.10. The molecular formula is C12H17F3N2O3. The number of likely N-dealkylation sites (tertiary alicyclic amines) is 1. The number of carboxylic acid groups (broad SMARTS) is 1. The molecule has 1 saturated carbocycles. The van der Waals surface area contributed by atoms with Crippen molar-refractivity contribution in [1.29, 1.82) is 0 Å². The van der Waals surface area contributed by atoms with Crippen LogP contribution in [-0.2, 0) is 9.59 Å². The van der Waals surface area contributed by atoms with Crippen LogP contribution in [0.1, 0.15) is 26.2 Å². The number of halogens is 3. The number of carbonyl (C=O) groups excluding carboxylic acids is 1. The Bertz CT molecular complexity index is 423. The summed E-state index contributed by atoms with van der Waals surface area (Å²) in [4.78, 5) is 24.2. The summed E-state index contributed by atoms with van der Waals surface area (Å²) in [6.07, 6.45) is -3.56. The SMILES string of the molecule is CC(C(=O)NC1CC1)N1CCC(C(=O)O)(C(F)(F)F)C1.